The van der Waals surface area contributed by atoms with Crippen LogP contribution in [0.3, 0.4) is 0 Å². The van der Waals surface area contributed by atoms with Gasteiger partial charge >= 0.3 is 0 Å². The lowest BCUT2D eigenvalue weighted by Gasteiger charge is -2.19. The van der Waals surface area contributed by atoms with Gasteiger partial charge in [-0.15, -0.1) is 0 Å². The minimum Gasteiger partial charge on any atom is -0.340 e. The third kappa shape index (κ3) is 2.85. The predicted molar refractivity (Wildman–Crippen MR) is 56.6 cm³/mol. The number of benzene rings is 1. The number of rotatable bonds is 3. The van der Waals surface area contributed by atoms with Crippen LogP contribution in [-0.2, 0) is 11.3 Å². The highest BCUT2D eigenvalue weighted by molar-refractivity contribution is 5.80. The lowest BCUT2D eigenvalue weighted by molar-refractivity contribution is -0.131. The van der Waals surface area contributed by atoms with Crippen LogP contribution < -0.4 is 5.73 Å². The lowest BCUT2D eigenvalue weighted by atomic mass is 10.2. The first-order valence-corrected chi connectivity index (χ1v) is 4.65. The quantitative estimate of drug-likeness (QED) is 0.776. The Labute approximate surface area is 84.5 Å². The molecule has 0 unspecified atom stereocenters. The molecule has 0 aliphatic rings. The first-order chi connectivity index (χ1) is 6.61. The highest BCUT2D eigenvalue weighted by Gasteiger charge is 2.12. The topological polar surface area (TPSA) is 46.3 Å². The van der Waals surface area contributed by atoms with E-state index in [1.165, 1.54) is 0 Å². The van der Waals surface area contributed by atoms with E-state index in [1.54, 1.807) is 18.9 Å². The van der Waals surface area contributed by atoms with Crippen LogP contribution in [0, 0.1) is 0 Å². The minimum atomic E-state index is -0.427. The Hall–Kier alpha value is -1.35. The SMILES string of the molecule is C[C@H](N)C(=O)N(C)Cc1ccccc1. The predicted octanol–water partition coefficient (Wildman–Crippen LogP) is 0.992. The number of amides is 1. The van der Waals surface area contributed by atoms with Crippen LogP contribution in [-0.4, -0.2) is 23.9 Å². The van der Waals surface area contributed by atoms with Crippen molar-refractivity contribution in [3.05, 3.63) is 35.9 Å². The van der Waals surface area contributed by atoms with Crippen LogP contribution >= 0.6 is 0 Å². The van der Waals surface area contributed by atoms with Crippen molar-refractivity contribution in [1.82, 2.24) is 4.90 Å². The average molecular weight is 192 g/mol. The molecular weight excluding hydrogens is 176 g/mol. The van der Waals surface area contributed by atoms with Gasteiger partial charge in [-0.1, -0.05) is 30.3 Å². The standard InChI is InChI=1S/C11H16N2O/c1-9(12)11(14)13(2)8-10-6-4-3-5-7-10/h3-7,9H,8,12H2,1-2H3/t9-/m0/s1. The van der Waals surface area contributed by atoms with Gasteiger partial charge in [-0.3, -0.25) is 4.79 Å². The third-order valence-corrected chi connectivity index (χ3v) is 2.03. The molecule has 1 aromatic rings. The van der Waals surface area contributed by atoms with E-state index >= 15 is 0 Å². The minimum absolute atomic E-state index is 0.0335. The molecule has 1 rings (SSSR count). The molecule has 1 aromatic carbocycles. The van der Waals surface area contributed by atoms with E-state index in [0.717, 1.165) is 5.56 Å². The van der Waals surface area contributed by atoms with Gasteiger partial charge in [0.1, 0.15) is 0 Å². The van der Waals surface area contributed by atoms with Crippen LogP contribution in [0.4, 0.5) is 0 Å². The Bertz CT molecular complexity index is 295. The van der Waals surface area contributed by atoms with Gasteiger partial charge in [0.05, 0.1) is 6.04 Å². The molecule has 1 atom stereocenters. The van der Waals surface area contributed by atoms with Gasteiger partial charge < -0.3 is 10.6 Å². The number of carbonyl (C=O) groups excluding carboxylic acids is 1. The molecule has 0 aliphatic heterocycles. The van der Waals surface area contributed by atoms with E-state index < -0.39 is 6.04 Å². The Morgan fingerprint density at radius 1 is 1.43 bits per heavy atom. The summed E-state index contributed by atoms with van der Waals surface area (Å²) in [5.41, 5.74) is 6.61. The Morgan fingerprint density at radius 2 is 2.00 bits per heavy atom. The molecule has 0 spiro atoms. The van der Waals surface area contributed by atoms with E-state index in [4.69, 9.17) is 5.73 Å². The van der Waals surface area contributed by atoms with Crippen LogP contribution in [0.1, 0.15) is 12.5 Å². The van der Waals surface area contributed by atoms with Crippen LogP contribution in [0.15, 0.2) is 30.3 Å². The summed E-state index contributed by atoms with van der Waals surface area (Å²) < 4.78 is 0. The average Bonchev–Trinajstić information content (AvgIpc) is 2.18. The number of nitrogens with zero attached hydrogens (tertiary/aromatic N) is 1. The smallest absolute Gasteiger partial charge is 0.239 e. The van der Waals surface area contributed by atoms with Gasteiger partial charge in [0.2, 0.25) is 5.91 Å². The second-order valence-corrected chi connectivity index (χ2v) is 3.47. The van der Waals surface area contributed by atoms with E-state index in [-0.39, 0.29) is 5.91 Å². The number of hydrogen-bond donors (Lipinski definition) is 1. The van der Waals surface area contributed by atoms with Crippen molar-refractivity contribution in [2.24, 2.45) is 5.73 Å². The fourth-order valence-electron chi connectivity index (χ4n) is 1.28. The summed E-state index contributed by atoms with van der Waals surface area (Å²) in [6.45, 7) is 2.31. The lowest BCUT2D eigenvalue weighted by Crippen LogP contribution is -2.39. The number of likely N-dealkylation sites (N-methyl/N-ethyl adjacent to an activating group) is 1. The Morgan fingerprint density at radius 3 is 2.50 bits per heavy atom. The van der Waals surface area contributed by atoms with Crippen LogP contribution in [0.2, 0.25) is 0 Å². The van der Waals surface area contributed by atoms with Gasteiger partial charge in [-0.25, -0.2) is 0 Å². The van der Waals surface area contributed by atoms with Gasteiger partial charge in [0, 0.05) is 13.6 Å². The van der Waals surface area contributed by atoms with Crippen molar-refractivity contribution in [3.63, 3.8) is 0 Å². The van der Waals surface area contributed by atoms with Gasteiger partial charge in [0.25, 0.3) is 0 Å². The largest absolute Gasteiger partial charge is 0.340 e. The molecule has 0 saturated heterocycles. The summed E-state index contributed by atoms with van der Waals surface area (Å²) in [5.74, 6) is -0.0335. The molecule has 0 bridgehead atoms. The molecule has 3 nitrogen and oxygen atoms in total. The normalized spacial score (nSPS) is 12.2. The second-order valence-electron chi connectivity index (χ2n) is 3.47. The maximum Gasteiger partial charge on any atom is 0.239 e. The van der Waals surface area contributed by atoms with E-state index in [2.05, 4.69) is 0 Å². The molecule has 0 saturated carbocycles. The molecule has 76 valence electrons. The van der Waals surface area contributed by atoms with E-state index in [1.807, 2.05) is 30.3 Å². The summed E-state index contributed by atoms with van der Waals surface area (Å²) in [5, 5.41) is 0. The number of carbonyl (C=O) groups is 1. The van der Waals surface area contributed by atoms with E-state index in [0.29, 0.717) is 6.54 Å². The van der Waals surface area contributed by atoms with Crippen molar-refractivity contribution in [2.45, 2.75) is 19.5 Å². The fourth-order valence-corrected chi connectivity index (χ4v) is 1.28. The Balaban J connectivity index is 2.57. The van der Waals surface area contributed by atoms with Crippen molar-refractivity contribution >= 4 is 5.91 Å². The molecule has 2 N–H and O–H groups in total. The fraction of sp³-hybridized carbons (Fsp3) is 0.364. The maximum atomic E-state index is 11.4. The Kier molecular flexibility index (Phi) is 3.65. The zero-order valence-electron chi connectivity index (χ0n) is 8.60. The molecule has 0 fully saturated rings. The van der Waals surface area contributed by atoms with Crippen molar-refractivity contribution < 1.29 is 4.79 Å². The molecular formula is C11H16N2O. The van der Waals surface area contributed by atoms with E-state index in [9.17, 15) is 4.79 Å². The molecule has 0 heterocycles. The summed E-state index contributed by atoms with van der Waals surface area (Å²) in [6.07, 6.45) is 0. The third-order valence-electron chi connectivity index (χ3n) is 2.03. The van der Waals surface area contributed by atoms with Gasteiger partial charge in [0.15, 0.2) is 0 Å². The number of nitrogens with two attached hydrogens (primary N) is 1. The molecule has 3 heteroatoms. The molecule has 14 heavy (non-hydrogen) atoms. The maximum absolute atomic E-state index is 11.4. The first kappa shape index (κ1) is 10.7. The summed E-state index contributed by atoms with van der Waals surface area (Å²) in [7, 11) is 1.76. The van der Waals surface area contributed by atoms with Crippen molar-refractivity contribution in [3.8, 4) is 0 Å². The monoisotopic (exact) mass is 192 g/mol. The summed E-state index contributed by atoms with van der Waals surface area (Å²) in [4.78, 5) is 13.1. The zero-order valence-corrected chi connectivity index (χ0v) is 8.60. The summed E-state index contributed by atoms with van der Waals surface area (Å²) in [6, 6.07) is 9.43. The second kappa shape index (κ2) is 4.77. The highest BCUT2D eigenvalue weighted by Crippen LogP contribution is 2.03. The van der Waals surface area contributed by atoms with Gasteiger partial charge in [-0.05, 0) is 12.5 Å². The molecule has 0 aromatic heterocycles. The first-order valence-electron chi connectivity index (χ1n) is 4.65. The number of hydrogen-bond acceptors (Lipinski definition) is 2. The van der Waals surface area contributed by atoms with Crippen molar-refractivity contribution in [2.75, 3.05) is 7.05 Å². The molecule has 1 amide bonds. The van der Waals surface area contributed by atoms with Crippen LogP contribution in [0.25, 0.3) is 0 Å². The van der Waals surface area contributed by atoms with Crippen molar-refractivity contribution in [1.29, 1.82) is 0 Å². The van der Waals surface area contributed by atoms with Gasteiger partial charge in [-0.2, -0.15) is 0 Å². The summed E-state index contributed by atoms with van der Waals surface area (Å²) >= 11 is 0. The molecule has 0 aliphatic carbocycles. The zero-order chi connectivity index (χ0) is 10.6. The van der Waals surface area contributed by atoms with Crippen LogP contribution in [0.5, 0.6) is 0 Å². The highest BCUT2D eigenvalue weighted by atomic mass is 16.2. The molecule has 0 radical (unpaired) electrons.